The average molecular weight is 177 g/mol. The van der Waals surface area contributed by atoms with Gasteiger partial charge in [-0.1, -0.05) is 0 Å². The zero-order valence-electron chi connectivity index (χ0n) is 8.10. The smallest absolute Gasteiger partial charge is 0.325 e. The van der Waals surface area contributed by atoms with Gasteiger partial charge in [-0.25, -0.2) is 14.1 Å². The van der Waals surface area contributed by atoms with Crippen molar-refractivity contribution in [2.24, 2.45) is 21.1 Å². The summed E-state index contributed by atoms with van der Waals surface area (Å²) in [6, 6.07) is 0. The molecule has 2 aromatic rings. The van der Waals surface area contributed by atoms with Gasteiger partial charge in [-0.2, -0.15) is 0 Å². The number of aryl methyl sites for hydroxylation is 3. The first-order valence-electron chi connectivity index (χ1n) is 4.19. The van der Waals surface area contributed by atoms with Crippen LogP contribution in [0.25, 0.3) is 11.6 Å². The topological polar surface area (TPSA) is 26.6 Å². The molecule has 0 aliphatic heterocycles. The molecule has 0 bridgehead atoms. The molecule has 0 fully saturated rings. The first-order chi connectivity index (χ1) is 6.20. The summed E-state index contributed by atoms with van der Waals surface area (Å²) in [5.41, 5.74) is 0. The highest BCUT2D eigenvalue weighted by Gasteiger charge is 2.17. The van der Waals surface area contributed by atoms with Crippen LogP contribution >= 0.6 is 0 Å². The minimum atomic E-state index is 0.981. The first kappa shape index (κ1) is 8.04. The summed E-state index contributed by atoms with van der Waals surface area (Å²) in [5, 5.41) is 0. The standard InChI is InChI=1S/C9H13N4/c1-11-5-4-10-8(11)9-12(2)6-7-13(9)3/h4-7H,1-3H3/q+1. The molecule has 0 radical (unpaired) electrons. The molecule has 0 amide bonds. The second-order valence-electron chi connectivity index (χ2n) is 3.21. The number of rotatable bonds is 1. The molecule has 0 spiro atoms. The van der Waals surface area contributed by atoms with Crippen LogP contribution in [0.15, 0.2) is 24.8 Å². The Hall–Kier alpha value is -1.58. The zero-order chi connectivity index (χ0) is 9.42. The van der Waals surface area contributed by atoms with Crippen LogP contribution < -0.4 is 4.57 Å². The van der Waals surface area contributed by atoms with Gasteiger partial charge in [-0.05, 0) is 0 Å². The average Bonchev–Trinajstić information content (AvgIpc) is 2.60. The molecule has 0 aliphatic carbocycles. The maximum absolute atomic E-state index is 4.30. The monoisotopic (exact) mass is 177 g/mol. The van der Waals surface area contributed by atoms with Crippen molar-refractivity contribution in [2.45, 2.75) is 0 Å². The van der Waals surface area contributed by atoms with Gasteiger partial charge in [0.15, 0.2) is 0 Å². The lowest BCUT2D eigenvalue weighted by Crippen LogP contribution is -2.29. The SMILES string of the molecule is Cn1ccnc1-c1n(C)cc[n+]1C. The summed E-state index contributed by atoms with van der Waals surface area (Å²) in [5.74, 6) is 2.09. The van der Waals surface area contributed by atoms with Gasteiger partial charge in [0.1, 0.15) is 12.4 Å². The molecular formula is C9H13N4+. The van der Waals surface area contributed by atoms with Crippen molar-refractivity contribution in [3.05, 3.63) is 24.8 Å². The Kier molecular flexibility index (Phi) is 1.69. The van der Waals surface area contributed by atoms with E-state index in [0.717, 1.165) is 11.6 Å². The summed E-state index contributed by atoms with van der Waals surface area (Å²) in [6.07, 6.45) is 7.79. The van der Waals surface area contributed by atoms with Crippen LogP contribution in [-0.2, 0) is 21.1 Å². The summed E-state index contributed by atoms with van der Waals surface area (Å²) in [7, 11) is 6.03. The first-order valence-corrected chi connectivity index (χ1v) is 4.19. The highest BCUT2D eigenvalue weighted by Crippen LogP contribution is 2.10. The number of nitrogens with zero attached hydrogens (tertiary/aromatic N) is 4. The van der Waals surface area contributed by atoms with Gasteiger partial charge in [0.05, 0.1) is 14.1 Å². The second-order valence-corrected chi connectivity index (χ2v) is 3.21. The van der Waals surface area contributed by atoms with Gasteiger partial charge in [-0.3, -0.25) is 0 Å². The van der Waals surface area contributed by atoms with E-state index in [9.17, 15) is 0 Å². The minimum absolute atomic E-state index is 0.981. The Bertz CT molecular complexity index is 405. The van der Waals surface area contributed by atoms with Crippen molar-refractivity contribution in [2.75, 3.05) is 0 Å². The van der Waals surface area contributed by atoms with E-state index in [1.54, 1.807) is 0 Å². The molecule has 0 N–H and O–H groups in total. The number of hydrogen-bond donors (Lipinski definition) is 0. The van der Waals surface area contributed by atoms with Crippen molar-refractivity contribution < 1.29 is 4.57 Å². The van der Waals surface area contributed by atoms with Crippen LogP contribution in [0.4, 0.5) is 0 Å². The lowest BCUT2D eigenvalue weighted by atomic mass is 10.5. The highest BCUT2D eigenvalue weighted by atomic mass is 15.2. The molecule has 13 heavy (non-hydrogen) atoms. The summed E-state index contributed by atoms with van der Waals surface area (Å²) < 4.78 is 6.12. The lowest BCUT2D eigenvalue weighted by molar-refractivity contribution is -0.659. The molecule has 68 valence electrons. The predicted molar refractivity (Wildman–Crippen MR) is 48.8 cm³/mol. The third-order valence-corrected chi connectivity index (χ3v) is 2.20. The fourth-order valence-corrected chi connectivity index (χ4v) is 1.49. The summed E-state index contributed by atoms with van der Waals surface area (Å²) in [4.78, 5) is 4.30. The van der Waals surface area contributed by atoms with Gasteiger partial charge >= 0.3 is 5.82 Å². The van der Waals surface area contributed by atoms with Crippen molar-refractivity contribution in [1.82, 2.24) is 14.1 Å². The maximum atomic E-state index is 4.30. The molecule has 2 rings (SSSR count). The van der Waals surface area contributed by atoms with E-state index >= 15 is 0 Å². The predicted octanol–water partition coefficient (Wildman–Crippen LogP) is 0.250. The molecule has 0 saturated carbocycles. The van der Waals surface area contributed by atoms with Crippen LogP contribution in [0.2, 0.25) is 0 Å². The Balaban J connectivity index is 2.64. The van der Waals surface area contributed by atoms with E-state index in [1.807, 2.05) is 50.5 Å². The fraction of sp³-hybridized carbons (Fsp3) is 0.333. The highest BCUT2D eigenvalue weighted by molar-refractivity contribution is 5.40. The normalized spacial score (nSPS) is 10.7. The van der Waals surface area contributed by atoms with E-state index in [0.29, 0.717) is 0 Å². The van der Waals surface area contributed by atoms with E-state index in [4.69, 9.17) is 0 Å². The third-order valence-electron chi connectivity index (χ3n) is 2.20. The summed E-state index contributed by atoms with van der Waals surface area (Å²) >= 11 is 0. The van der Waals surface area contributed by atoms with Crippen LogP contribution in [0.3, 0.4) is 0 Å². The van der Waals surface area contributed by atoms with Crippen molar-refractivity contribution in [3.8, 4) is 11.6 Å². The van der Waals surface area contributed by atoms with Crippen molar-refractivity contribution in [3.63, 3.8) is 0 Å². The van der Waals surface area contributed by atoms with Crippen LogP contribution in [0.5, 0.6) is 0 Å². The van der Waals surface area contributed by atoms with Gasteiger partial charge in [0.25, 0.3) is 0 Å². The van der Waals surface area contributed by atoms with E-state index in [-0.39, 0.29) is 0 Å². The Morgan fingerprint density at radius 1 is 1.23 bits per heavy atom. The van der Waals surface area contributed by atoms with Crippen molar-refractivity contribution in [1.29, 1.82) is 0 Å². The van der Waals surface area contributed by atoms with Gasteiger partial charge < -0.3 is 4.57 Å². The van der Waals surface area contributed by atoms with Crippen molar-refractivity contribution >= 4 is 0 Å². The van der Waals surface area contributed by atoms with E-state index < -0.39 is 0 Å². The molecule has 0 aliphatic rings. The Morgan fingerprint density at radius 3 is 2.46 bits per heavy atom. The quantitative estimate of drug-likeness (QED) is 0.573. The van der Waals surface area contributed by atoms with Crippen LogP contribution in [0.1, 0.15) is 0 Å². The zero-order valence-corrected chi connectivity index (χ0v) is 8.10. The molecule has 2 aromatic heterocycles. The van der Waals surface area contributed by atoms with Gasteiger partial charge in [-0.15, -0.1) is 0 Å². The molecule has 0 saturated heterocycles. The number of imidazole rings is 2. The number of aromatic nitrogens is 4. The van der Waals surface area contributed by atoms with E-state index in [2.05, 4.69) is 14.1 Å². The maximum Gasteiger partial charge on any atom is 0.325 e. The molecule has 4 nitrogen and oxygen atoms in total. The fourth-order valence-electron chi connectivity index (χ4n) is 1.49. The number of hydrogen-bond acceptors (Lipinski definition) is 1. The van der Waals surface area contributed by atoms with Crippen LogP contribution in [0, 0.1) is 0 Å². The third kappa shape index (κ3) is 1.14. The van der Waals surface area contributed by atoms with Gasteiger partial charge in [0, 0.05) is 19.4 Å². The molecule has 0 unspecified atom stereocenters. The Labute approximate surface area is 77.1 Å². The second kappa shape index (κ2) is 2.73. The molecule has 0 aromatic carbocycles. The summed E-state index contributed by atoms with van der Waals surface area (Å²) in [6.45, 7) is 0. The molecule has 4 heteroatoms. The minimum Gasteiger partial charge on any atom is -0.328 e. The Morgan fingerprint density at radius 2 is 2.00 bits per heavy atom. The van der Waals surface area contributed by atoms with E-state index in [1.165, 1.54) is 0 Å². The lowest BCUT2D eigenvalue weighted by Gasteiger charge is -1.97. The molecule has 2 heterocycles. The van der Waals surface area contributed by atoms with Gasteiger partial charge in [0.2, 0.25) is 5.82 Å². The molecule has 0 atom stereocenters. The molecular weight excluding hydrogens is 164 g/mol. The van der Waals surface area contributed by atoms with Crippen LogP contribution in [-0.4, -0.2) is 14.1 Å². The largest absolute Gasteiger partial charge is 0.328 e.